The first-order chi connectivity index (χ1) is 10.7. The van der Waals surface area contributed by atoms with Crippen LogP contribution in [0.5, 0.6) is 0 Å². The van der Waals surface area contributed by atoms with Crippen LogP contribution < -0.4 is 5.32 Å². The van der Waals surface area contributed by atoms with Gasteiger partial charge in [0.1, 0.15) is 6.61 Å². The van der Waals surface area contributed by atoms with E-state index in [1.807, 2.05) is 37.3 Å². The van der Waals surface area contributed by atoms with Crippen LogP contribution in [0.3, 0.4) is 0 Å². The Labute approximate surface area is 131 Å². The third-order valence-corrected chi connectivity index (χ3v) is 3.95. The average molecular weight is 304 g/mol. The molecule has 0 radical (unpaired) electrons. The Bertz CT molecular complexity index is 490. The molecule has 120 valence electrons. The smallest absolute Gasteiger partial charge is 0.410 e. The van der Waals surface area contributed by atoms with Crippen molar-refractivity contribution in [1.29, 1.82) is 0 Å². The van der Waals surface area contributed by atoms with Crippen LogP contribution in [-0.4, -0.2) is 36.5 Å². The number of likely N-dealkylation sites (tertiary alicyclic amines) is 1. The van der Waals surface area contributed by atoms with Crippen LogP contribution in [-0.2, 0) is 16.1 Å². The molecule has 0 bridgehead atoms. The standard InChI is InChI=1S/C17H24N2O3/c1-2-16(20)18-10-8-14-9-11-19(12-14)17(21)22-13-15-6-4-3-5-7-15/h3-7,14H,2,8-13H2,1H3,(H,18,20). The van der Waals surface area contributed by atoms with Crippen LogP contribution in [0.15, 0.2) is 30.3 Å². The van der Waals surface area contributed by atoms with E-state index < -0.39 is 0 Å². The van der Waals surface area contributed by atoms with E-state index in [2.05, 4.69) is 5.32 Å². The number of carbonyl (C=O) groups excluding carboxylic acids is 2. The molecule has 0 aliphatic carbocycles. The second-order valence-electron chi connectivity index (χ2n) is 5.63. The first-order valence-electron chi connectivity index (χ1n) is 7.91. The number of hydrogen-bond acceptors (Lipinski definition) is 3. The highest BCUT2D eigenvalue weighted by molar-refractivity contribution is 5.75. The second kappa shape index (κ2) is 8.41. The number of nitrogens with zero attached hydrogens (tertiary/aromatic N) is 1. The van der Waals surface area contributed by atoms with Gasteiger partial charge >= 0.3 is 6.09 Å². The largest absolute Gasteiger partial charge is 0.445 e. The first-order valence-corrected chi connectivity index (χ1v) is 7.91. The fraction of sp³-hybridized carbons (Fsp3) is 0.529. The predicted molar refractivity (Wildman–Crippen MR) is 84.2 cm³/mol. The molecular weight excluding hydrogens is 280 g/mol. The lowest BCUT2D eigenvalue weighted by molar-refractivity contribution is -0.120. The lowest BCUT2D eigenvalue weighted by Crippen LogP contribution is -2.30. The molecule has 5 heteroatoms. The third kappa shape index (κ3) is 5.06. The van der Waals surface area contributed by atoms with Crippen LogP contribution in [0.1, 0.15) is 31.7 Å². The van der Waals surface area contributed by atoms with Gasteiger partial charge in [0, 0.05) is 26.1 Å². The minimum Gasteiger partial charge on any atom is -0.445 e. The number of benzene rings is 1. The Balaban J connectivity index is 1.66. The molecule has 0 saturated carbocycles. The molecule has 1 aromatic carbocycles. The second-order valence-corrected chi connectivity index (χ2v) is 5.63. The van der Waals surface area contributed by atoms with Crippen LogP contribution in [0.2, 0.25) is 0 Å². The molecular formula is C17H24N2O3. The van der Waals surface area contributed by atoms with Crippen LogP contribution >= 0.6 is 0 Å². The number of amides is 2. The Hall–Kier alpha value is -2.04. The van der Waals surface area contributed by atoms with Gasteiger partial charge in [-0.3, -0.25) is 4.79 Å². The Morgan fingerprint density at radius 1 is 1.32 bits per heavy atom. The molecule has 1 heterocycles. The normalized spacial score (nSPS) is 17.3. The molecule has 1 unspecified atom stereocenters. The summed E-state index contributed by atoms with van der Waals surface area (Å²) in [7, 11) is 0. The quantitative estimate of drug-likeness (QED) is 0.878. The van der Waals surface area contributed by atoms with Crippen molar-refractivity contribution in [2.45, 2.75) is 32.8 Å². The van der Waals surface area contributed by atoms with Crippen molar-refractivity contribution in [3.8, 4) is 0 Å². The summed E-state index contributed by atoms with van der Waals surface area (Å²) in [4.78, 5) is 25.0. The van der Waals surface area contributed by atoms with Gasteiger partial charge in [-0.05, 0) is 24.3 Å². The zero-order chi connectivity index (χ0) is 15.8. The van der Waals surface area contributed by atoms with Gasteiger partial charge in [0.15, 0.2) is 0 Å². The highest BCUT2D eigenvalue weighted by Gasteiger charge is 2.26. The highest BCUT2D eigenvalue weighted by atomic mass is 16.6. The maximum absolute atomic E-state index is 12.0. The summed E-state index contributed by atoms with van der Waals surface area (Å²) in [6, 6.07) is 9.68. The number of carbonyl (C=O) groups is 2. The molecule has 1 fully saturated rings. The number of ether oxygens (including phenoxy) is 1. The molecule has 1 aliphatic rings. The Morgan fingerprint density at radius 2 is 2.09 bits per heavy atom. The van der Waals surface area contributed by atoms with E-state index in [4.69, 9.17) is 4.74 Å². The highest BCUT2D eigenvalue weighted by Crippen LogP contribution is 2.20. The summed E-state index contributed by atoms with van der Waals surface area (Å²) >= 11 is 0. The van der Waals surface area contributed by atoms with Gasteiger partial charge in [-0.1, -0.05) is 37.3 Å². The van der Waals surface area contributed by atoms with Gasteiger partial charge < -0.3 is 15.0 Å². The van der Waals surface area contributed by atoms with E-state index >= 15 is 0 Å². The van der Waals surface area contributed by atoms with Gasteiger partial charge in [-0.2, -0.15) is 0 Å². The lowest BCUT2D eigenvalue weighted by atomic mass is 10.1. The molecule has 2 rings (SSSR count). The molecule has 0 spiro atoms. The monoisotopic (exact) mass is 304 g/mol. The van der Waals surface area contributed by atoms with E-state index in [9.17, 15) is 9.59 Å². The number of rotatable bonds is 6. The topological polar surface area (TPSA) is 58.6 Å². The molecule has 22 heavy (non-hydrogen) atoms. The minimum atomic E-state index is -0.246. The third-order valence-electron chi connectivity index (χ3n) is 3.95. The molecule has 2 amide bonds. The molecule has 1 N–H and O–H groups in total. The maximum Gasteiger partial charge on any atom is 0.410 e. The van der Waals surface area contributed by atoms with Gasteiger partial charge in [0.2, 0.25) is 5.91 Å². The van der Waals surface area contributed by atoms with Gasteiger partial charge in [-0.25, -0.2) is 4.79 Å². The zero-order valence-electron chi connectivity index (χ0n) is 13.1. The number of nitrogens with one attached hydrogen (secondary N) is 1. The molecule has 1 saturated heterocycles. The van der Waals surface area contributed by atoms with Crippen molar-refractivity contribution in [2.75, 3.05) is 19.6 Å². The SMILES string of the molecule is CCC(=O)NCCC1CCN(C(=O)OCc2ccccc2)C1. The lowest BCUT2D eigenvalue weighted by Gasteiger charge is -2.16. The summed E-state index contributed by atoms with van der Waals surface area (Å²) in [6.45, 7) is 4.29. The first kappa shape index (κ1) is 16.3. The van der Waals surface area contributed by atoms with Crippen molar-refractivity contribution in [2.24, 2.45) is 5.92 Å². The maximum atomic E-state index is 12.0. The van der Waals surface area contributed by atoms with Crippen molar-refractivity contribution in [3.05, 3.63) is 35.9 Å². The molecule has 0 aromatic heterocycles. The summed E-state index contributed by atoms with van der Waals surface area (Å²) in [5.41, 5.74) is 0.994. The van der Waals surface area contributed by atoms with E-state index in [1.54, 1.807) is 4.90 Å². The van der Waals surface area contributed by atoms with Crippen LogP contribution in [0.25, 0.3) is 0 Å². The van der Waals surface area contributed by atoms with Gasteiger partial charge in [0.25, 0.3) is 0 Å². The van der Waals surface area contributed by atoms with E-state index in [0.29, 0.717) is 25.5 Å². The van der Waals surface area contributed by atoms with E-state index in [-0.39, 0.29) is 12.0 Å². The minimum absolute atomic E-state index is 0.0807. The summed E-state index contributed by atoms with van der Waals surface area (Å²) in [6.07, 6.45) is 2.16. The Morgan fingerprint density at radius 3 is 2.82 bits per heavy atom. The van der Waals surface area contributed by atoms with E-state index in [1.165, 1.54) is 0 Å². The van der Waals surface area contributed by atoms with Crippen molar-refractivity contribution >= 4 is 12.0 Å². The van der Waals surface area contributed by atoms with Crippen molar-refractivity contribution in [1.82, 2.24) is 10.2 Å². The van der Waals surface area contributed by atoms with Crippen molar-refractivity contribution < 1.29 is 14.3 Å². The van der Waals surface area contributed by atoms with Crippen LogP contribution in [0.4, 0.5) is 4.79 Å². The van der Waals surface area contributed by atoms with E-state index in [0.717, 1.165) is 31.5 Å². The van der Waals surface area contributed by atoms with Gasteiger partial charge in [-0.15, -0.1) is 0 Å². The molecule has 1 aromatic rings. The summed E-state index contributed by atoms with van der Waals surface area (Å²) in [5.74, 6) is 0.526. The zero-order valence-corrected chi connectivity index (χ0v) is 13.1. The Kier molecular flexibility index (Phi) is 6.25. The van der Waals surface area contributed by atoms with Crippen LogP contribution in [0, 0.1) is 5.92 Å². The summed E-state index contributed by atoms with van der Waals surface area (Å²) < 4.78 is 5.34. The molecule has 1 aliphatic heterocycles. The van der Waals surface area contributed by atoms with Gasteiger partial charge in [0.05, 0.1) is 0 Å². The molecule has 1 atom stereocenters. The average Bonchev–Trinajstić information content (AvgIpc) is 3.02. The summed E-state index contributed by atoms with van der Waals surface area (Å²) in [5, 5.41) is 2.88. The molecule has 5 nitrogen and oxygen atoms in total. The fourth-order valence-corrected chi connectivity index (χ4v) is 2.59. The van der Waals surface area contributed by atoms with Crippen molar-refractivity contribution in [3.63, 3.8) is 0 Å². The predicted octanol–water partition coefficient (Wildman–Crippen LogP) is 2.56. The fourth-order valence-electron chi connectivity index (χ4n) is 2.59. The number of hydrogen-bond donors (Lipinski definition) is 1.